The first kappa shape index (κ1) is 16.2. The molecule has 1 aromatic carbocycles. The van der Waals surface area contributed by atoms with Crippen LogP contribution in [0.1, 0.15) is 13.8 Å². The van der Waals surface area contributed by atoms with E-state index in [1.54, 1.807) is 0 Å². The number of benzene rings is 1. The van der Waals surface area contributed by atoms with E-state index in [1.165, 1.54) is 4.68 Å². The van der Waals surface area contributed by atoms with Crippen LogP contribution in [0.5, 0.6) is 0 Å². The normalized spacial score (nSPS) is 13.1. The van der Waals surface area contributed by atoms with Gasteiger partial charge in [0.15, 0.2) is 5.82 Å². The Morgan fingerprint density at radius 1 is 1.32 bits per heavy atom. The van der Waals surface area contributed by atoms with Gasteiger partial charge in [0.05, 0.1) is 11.9 Å². The van der Waals surface area contributed by atoms with Gasteiger partial charge in [0.2, 0.25) is 0 Å². The second kappa shape index (κ2) is 7.22. The van der Waals surface area contributed by atoms with Crippen LogP contribution in [0.2, 0.25) is 0 Å². The Kier molecular flexibility index (Phi) is 5.33. The van der Waals surface area contributed by atoms with E-state index in [2.05, 4.69) is 22.2 Å². The Balaban J connectivity index is 2.47. The molecule has 0 radical (unpaired) electrons. The third-order valence-electron chi connectivity index (χ3n) is 3.40. The molecule has 5 nitrogen and oxygen atoms in total. The van der Waals surface area contributed by atoms with E-state index in [1.807, 2.05) is 57.4 Å². The van der Waals surface area contributed by atoms with Gasteiger partial charge in [-0.2, -0.15) is 5.10 Å². The summed E-state index contributed by atoms with van der Waals surface area (Å²) < 4.78 is 1.51. The molecular weight excluding hydrogens is 276 g/mol. The molecule has 2 rings (SSSR count). The van der Waals surface area contributed by atoms with Crippen LogP contribution in [0, 0.1) is 0 Å². The summed E-state index contributed by atoms with van der Waals surface area (Å²) in [5, 5.41) is 9.50. The number of nitrogens with zero attached hydrogens (tertiary/aromatic N) is 3. The van der Waals surface area contributed by atoms with Crippen LogP contribution in [0.3, 0.4) is 0 Å². The Hall–Kier alpha value is -2.14. The molecule has 2 aromatic rings. The molecule has 1 atom stereocenters. The first-order valence-electron chi connectivity index (χ1n) is 7.55. The zero-order valence-electron chi connectivity index (χ0n) is 13.7. The zero-order valence-corrected chi connectivity index (χ0v) is 13.7. The molecule has 1 aromatic heterocycles. The van der Waals surface area contributed by atoms with Crippen molar-refractivity contribution in [1.29, 1.82) is 0 Å². The van der Waals surface area contributed by atoms with Crippen LogP contribution in [0.4, 0.5) is 5.82 Å². The summed E-state index contributed by atoms with van der Waals surface area (Å²) in [6, 6.07) is 7.85. The molecule has 118 valence electrons. The first-order valence-corrected chi connectivity index (χ1v) is 7.55. The lowest BCUT2D eigenvalue weighted by atomic mass is 10.2. The van der Waals surface area contributed by atoms with Gasteiger partial charge in [-0.25, -0.2) is 4.68 Å². The van der Waals surface area contributed by atoms with E-state index < -0.39 is 0 Å². The van der Waals surface area contributed by atoms with Gasteiger partial charge in [-0.05, 0) is 34.0 Å². The second-order valence-corrected chi connectivity index (χ2v) is 5.76. The van der Waals surface area contributed by atoms with Gasteiger partial charge in [-0.3, -0.25) is 4.79 Å². The van der Waals surface area contributed by atoms with E-state index in [0.717, 1.165) is 17.7 Å². The lowest BCUT2D eigenvalue weighted by Gasteiger charge is -2.20. The van der Waals surface area contributed by atoms with E-state index in [4.69, 9.17) is 0 Å². The van der Waals surface area contributed by atoms with Crippen LogP contribution in [-0.2, 0) is 6.54 Å². The molecule has 1 N–H and O–H groups in total. The number of nitrogens with one attached hydrogen (secondary N) is 1. The van der Waals surface area contributed by atoms with Gasteiger partial charge in [0.1, 0.15) is 0 Å². The molecular formula is C17H24N4O. The van der Waals surface area contributed by atoms with Crippen molar-refractivity contribution < 1.29 is 0 Å². The molecule has 22 heavy (non-hydrogen) atoms. The van der Waals surface area contributed by atoms with Crippen molar-refractivity contribution in [1.82, 2.24) is 14.7 Å². The summed E-state index contributed by atoms with van der Waals surface area (Å²) in [6.07, 6.45) is 3.85. The summed E-state index contributed by atoms with van der Waals surface area (Å²) in [7, 11) is 4.08. The summed E-state index contributed by atoms with van der Waals surface area (Å²) in [4.78, 5) is 14.6. The minimum Gasteiger partial charge on any atom is -0.364 e. The quantitative estimate of drug-likeness (QED) is 0.832. The summed E-state index contributed by atoms with van der Waals surface area (Å²) >= 11 is 0. The zero-order chi connectivity index (χ0) is 16.1. The second-order valence-electron chi connectivity index (χ2n) is 5.76. The third kappa shape index (κ3) is 3.74. The standard InChI is InChI=1S/C17H24N4O/c1-5-6-11-21-17(22)15-10-8-7-9-14(15)16(19-21)18-13(2)12-20(3)4/h5-10,13H,11-12H2,1-4H3,(H,18,19)/b6-5+. The van der Waals surface area contributed by atoms with Crippen molar-refractivity contribution in [2.45, 2.75) is 26.4 Å². The molecule has 1 unspecified atom stereocenters. The van der Waals surface area contributed by atoms with Crippen molar-refractivity contribution >= 4 is 16.6 Å². The minimum absolute atomic E-state index is 0.0560. The molecule has 0 fully saturated rings. The van der Waals surface area contributed by atoms with E-state index in [-0.39, 0.29) is 11.6 Å². The van der Waals surface area contributed by atoms with Crippen molar-refractivity contribution in [3.8, 4) is 0 Å². The molecule has 5 heteroatoms. The number of hydrogen-bond donors (Lipinski definition) is 1. The van der Waals surface area contributed by atoms with Gasteiger partial charge in [0, 0.05) is 18.0 Å². The Morgan fingerprint density at radius 2 is 2.00 bits per heavy atom. The van der Waals surface area contributed by atoms with Gasteiger partial charge < -0.3 is 10.2 Å². The largest absolute Gasteiger partial charge is 0.364 e. The lowest BCUT2D eigenvalue weighted by Crippen LogP contribution is -2.31. The third-order valence-corrected chi connectivity index (χ3v) is 3.40. The Morgan fingerprint density at radius 3 is 2.64 bits per heavy atom. The van der Waals surface area contributed by atoms with E-state index in [0.29, 0.717) is 11.9 Å². The fourth-order valence-corrected chi connectivity index (χ4v) is 2.50. The Labute approximate surface area is 131 Å². The summed E-state index contributed by atoms with van der Waals surface area (Å²) in [5.74, 6) is 0.758. The van der Waals surface area contributed by atoms with Crippen molar-refractivity contribution in [2.24, 2.45) is 0 Å². The molecule has 0 amide bonds. The van der Waals surface area contributed by atoms with Crippen LogP contribution < -0.4 is 10.9 Å². The molecule has 0 saturated heterocycles. The number of anilines is 1. The molecule has 1 heterocycles. The van der Waals surface area contributed by atoms with Crippen LogP contribution in [-0.4, -0.2) is 41.4 Å². The van der Waals surface area contributed by atoms with Gasteiger partial charge >= 0.3 is 0 Å². The highest BCUT2D eigenvalue weighted by Gasteiger charge is 2.12. The predicted molar refractivity (Wildman–Crippen MR) is 92.5 cm³/mol. The summed E-state index contributed by atoms with van der Waals surface area (Å²) in [5.41, 5.74) is -0.0560. The Bertz CT molecular complexity index is 718. The van der Waals surface area contributed by atoms with Crippen molar-refractivity contribution in [3.05, 3.63) is 46.8 Å². The van der Waals surface area contributed by atoms with E-state index in [9.17, 15) is 4.79 Å². The highest BCUT2D eigenvalue weighted by Crippen LogP contribution is 2.18. The van der Waals surface area contributed by atoms with Crippen LogP contribution in [0.15, 0.2) is 41.2 Å². The van der Waals surface area contributed by atoms with E-state index >= 15 is 0 Å². The minimum atomic E-state index is -0.0560. The summed E-state index contributed by atoms with van der Waals surface area (Å²) in [6.45, 7) is 5.42. The highest BCUT2D eigenvalue weighted by molar-refractivity contribution is 5.90. The fourth-order valence-electron chi connectivity index (χ4n) is 2.50. The topological polar surface area (TPSA) is 50.2 Å². The average molecular weight is 300 g/mol. The average Bonchev–Trinajstić information content (AvgIpc) is 2.48. The number of allylic oxidation sites excluding steroid dienone is 2. The number of aromatic nitrogens is 2. The fraction of sp³-hybridized carbons (Fsp3) is 0.412. The lowest BCUT2D eigenvalue weighted by molar-refractivity contribution is 0.391. The molecule has 0 aliphatic carbocycles. The smallest absolute Gasteiger partial charge is 0.275 e. The number of likely N-dealkylation sites (N-methyl/N-ethyl adjacent to an activating group) is 1. The van der Waals surface area contributed by atoms with Gasteiger partial charge in [-0.1, -0.05) is 30.4 Å². The molecule has 0 aliphatic heterocycles. The number of fused-ring (bicyclic) bond motifs is 1. The maximum atomic E-state index is 12.5. The van der Waals surface area contributed by atoms with Crippen molar-refractivity contribution in [2.75, 3.05) is 26.0 Å². The SMILES string of the molecule is C/C=C/Cn1nc(NC(C)CN(C)C)c2ccccc2c1=O. The number of hydrogen-bond acceptors (Lipinski definition) is 4. The maximum Gasteiger partial charge on any atom is 0.275 e. The maximum absolute atomic E-state index is 12.5. The highest BCUT2D eigenvalue weighted by atomic mass is 16.1. The number of rotatable bonds is 6. The van der Waals surface area contributed by atoms with Crippen LogP contribution >= 0.6 is 0 Å². The van der Waals surface area contributed by atoms with Gasteiger partial charge in [0.25, 0.3) is 5.56 Å². The molecule has 0 saturated carbocycles. The molecule has 0 spiro atoms. The predicted octanol–water partition coefficient (Wildman–Crippen LogP) is 2.33. The van der Waals surface area contributed by atoms with Crippen molar-refractivity contribution in [3.63, 3.8) is 0 Å². The molecule has 0 aliphatic rings. The van der Waals surface area contributed by atoms with Crippen LogP contribution in [0.25, 0.3) is 10.8 Å². The molecule has 0 bridgehead atoms. The first-order chi connectivity index (χ1) is 10.5. The van der Waals surface area contributed by atoms with Gasteiger partial charge in [-0.15, -0.1) is 0 Å². The monoisotopic (exact) mass is 300 g/mol.